The van der Waals surface area contributed by atoms with Crippen molar-refractivity contribution in [3.05, 3.63) is 41.7 Å². The predicted molar refractivity (Wildman–Crippen MR) is 136 cm³/mol. The van der Waals surface area contributed by atoms with Gasteiger partial charge in [0.25, 0.3) is 0 Å². The molecule has 0 aromatic carbocycles. The Balaban J connectivity index is 0.000000488. The molecular weight excluding hydrogens is 396 g/mol. The van der Waals surface area contributed by atoms with Crippen LogP contribution in [0, 0.1) is 17.8 Å². The number of hydrogen-bond acceptors (Lipinski definition) is 4. The normalized spacial score (nSPS) is 18.3. The van der Waals surface area contributed by atoms with Crippen molar-refractivity contribution in [2.24, 2.45) is 17.8 Å². The zero-order valence-corrected chi connectivity index (χ0v) is 21.5. The van der Waals surface area contributed by atoms with Crippen molar-refractivity contribution >= 4 is 5.91 Å². The van der Waals surface area contributed by atoms with Gasteiger partial charge in [-0.15, -0.1) is 6.58 Å². The lowest BCUT2D eigenvalue weighted by molar-refractivity contribution is -0.130. The fraction of sp³-hybridized carbons (Fsp3) is 0.704. The number of nitrogens with zero attached hydrogens (tertiary/aromatic N) is 2. The highest BCUT2D eigenvalue weighted by Crippen LogP contribution is 2.43. The van der Waals surface area contributed by atoms with E-state index in [-0.39, 0.29) is 5.91 Å². The third kappa shape index (κ3) is 11.2. The molecule has 1 fully saturated rings. The van der Waals surface area contributed by atoms with Crippen LogP contribution in [0.4, 0.5) is 0 Å². The zero-order chi connectivity index (χ0) is 23.9. The van der Waals surface area contributed by atoms with Crippen molar-refractivity contribution in [3.8, 4) is 0 Å². The average Bonchev–Trinajstić information content (AvgIpc) is 3.35. The molecule has 0 bridgehead atoms. The summed E-state index contributed by atoms with van der Waals surface area (Å²) in [5.41, 5.74) is 3.70. The lowest BCUT2D eigenvalue weighted by Gasteiger charge is -2.15. The van der Waals surface area contributed by atoms with E-state index in [1.165, 1.54) is 42.4 Å². The molecule has 2 heterocycles. The van der Waals surface area contributed by atoms with Gasteiger partial charge in [0.15, 0.2) is 0 Å². The number of allylic oxidation sites excluding steroid dienone is 1. The molecule has 5 nitrogen and oxygen atoms in total. The first-order valence-electron chi connectivity index (χ1n) is 12.7. The van der Waals surface area contributed by atoms with E-state index >= 15 is 0 Å². The number of hydrogen-bond donors (Lipinski definition) is 2. The minimum absolute atomic E-state index is 0.195. The molecule has 1 aliphatic heterocycles. The van der Waals surface area contributed by atoms with Crippen molar-refractivity contribution < 1.29 is 4.79 Å². The minimum Gasteiger partial charge on any atom is -0.333 e. The molecule has 2 atom stereocenters. The number of rotatable bonds is 11. The minimum atomic E-state index is 0.195. The second kappa shape index (κ2) is 16.0. The van der Waals surface area contributed by atoms with Crippen LogP contribution >= 0.6 is 0 Å². The van der Waals surface area contributed by atoms with Gasteiger partial charge in [-0.25, -0.2) is 0 Å². The quantitative estimate of drug-likeness (QED) is 0.365. The van der Waals surface area contributed by atoms with Gasteiger partial charge >= 0.3 is 0 Å². The Kier molecular flexibility index (Phi) is 14.1. The summed E-state index contributed by atoms with van der Waals surface area (Å²) in [5, 5.41) is 6.72. The fourth-order valence-corrected chi connectivity index (χ4v) is 4.17. The molecule has 182 valence electrons. The summed E-state index contributed by atoms with van der Waals surface area (Å²) in [6.07, 6.45) is 8.71. The molecule has 0 saturated heterocycles. The van der Waals surface area contributed by atoms with Crippen LogP contribution in [-0.2, 0) is 17.9 Å². The van der Waals surface area contributed by atoms with E-state index in [0.717, 1.165) is 43.9 Å². The number of amides is 1. The molecule has 3 rings (SSSR count). The maximum absolute atomic E-state index is 12.2. The summed E-state index contributed by atoms with van der Waals surface area (Å²) >= 11 is 0. The number of fused-ring (bicyclic) bond motifs is 1. The summed E-state index contributed by atoms with van der Waals surface area (Å²) in [4.78, 5) is 18.3. The SMILES string of the molecule is C=C(C)CC(C)C.CC.CCNCCC1CC1CCNCC(=O)N1Cc2ccncc2C1. The van der Waals surface area contributed by atoms with Gasteiger partial charge in [0, 0.05) is 25.5 Å². The van der Waals surface area contributed by atoms with Crippen molar-refractivity contribution in [2.45, 2.75) is 80.3 Å². The van der Waals surface area contributed by atoms with Gasteiger partial charge in [-0.1, -0.05) is 40.2 Å². The summed E-state index contributed by atoms with van der Waals surface area (Å²) in [7, 11) is 0. The summed E-state index contributed by atoms with van der Waals surface area (Å²) in [6, 6.07) is 2.01. The molecule has 32 heavy (non-hydrogen) atoms. The first-order chi connectivity index (χ1) is 15.4. The second-order valence-corrected chi connectivity index (χ2v) is 9.31. The molecule has 1 aromatic rings. The van der Waals surface area contributed by atoms with E-state index in [1.54, 1.807) is 6.20 Å². The Morgan fingerprint density at radius 1 is 1.16 bits per heavy atom. The molecule has 2 unspecified atom stereocenters. The van der Waals surface area contributed by atoms with Crippen molar-refractivity contribution in [2.75, 3.05) is 26.2 Å². The Labute approximate surface area is 197 Å². The van der Waals surface area contributed by atoms with Crippen LogP contribution in [0.5, 0.6) is 0 Å². The Morgan fingerprint density at radius 3 is 2.31 bits per heavy atom. The van der Waals surface area contributed by atoms with E-state index in [1.807, 2.05) is 31.0 Å². The maximum atomic E-state index is 12.2. The Hall–Kier alpha value is -1.72. The standard InChI is InChI=1S/C18H28N4O.C7H14.C2H6/c1-2-19-6-3-14-9-15(14)4-7-21-11-18(23)22-12-16-5-8-20-10-17(16)13-22;1-6(2)5-7(3)4;1-2/h5,8,10,14-15,19,21H,2-4,6-7,9,11-13H2,1H3;7H,1,5H2,2-4H3;1-2H3. The number of pyridine rings is 1. The van der Waals surface area contributed by atoms with E-state index < -0.39 is 0 Å². The van der Waals surface area contributed by atoms with Gasteiger partial charge in [-0.3, -0.25) is 9.78 Å². The lowest BCUT2D eigenvalue weighted by atomic mass is 10.1. The number of carbonyl (C=O) groups excluding carboxylic acids is 1. The van der Waals surface area contributed by atoms with Gasteiger partial charge in [0.2, 0.25) is 5.91 Å². The molecule has 2 N–H and O–H groups in total. The molecule has 2 aliphatic rings. The highest BCUT2D eigenvalue weighted by molar-refractivity contribution is 5.78. The van der Waals surface area contributed by atoms with Crippen LogP contribution in [0.15, 0.2) is 30.6 Å². The van der Waals surface area contributed by atoms with Gasteiger partial charge in [0.05, 0.1) is 6.54 Å². The van der Waals surface area contributed by atoms with Gasteiger partial charge in [-0.05, 0) is 87.2 Å². The third-order valence-electron chi connectivity index (χ3n) is 5.82. The van der Waals surface area contributed by atoms with Crippen LogP contribution in [0.25, 0.3) is 0 Å². The van der Waals surface area contributed by atoms with Gasteiger partial charge in [0.1, 0.15) is 0 Å². The summed E-state index contributed by atoms with van der Waals surface area (Å²) in [6.45, 7) is 21.5. The summed E-state index contributed by atoms with van der Waals surface area (Å²) in [5.74, 6) is 2.75. The Morgan fingerprint density at radius 2 is 1.78 bits per heavy atom. The average molecular weight is 445 g/mol. The van der Waals surface area contributed by atoms with E-state index in [9.17, 15) is 4.79 Å². The van der Waals surface area contributed by atoms with Crippen LogP contribution in [0.3, 0.4) is 0 Å². The molecular formula is C27H48N4O. The van der Waals surface area contributed by atoms with Crippen molar-refractivity contribution in [1.29, 1.82) is 0 Å². The molecule has 0 radical (unpaired) electrons. The molecule has 1 amide bonds. The van der Waals surface area contributed by atoms with Crippen LogP contribution < -0.4 is 10.6 Å². The number of nitrogens with one attached hydrogen (secondary N) is 2. The molecule has 1 aliphatic carbocycles. The Bertz CT molecular complexity index is 648. The van der Waals surface area contributed by atoms with Crippen LogP contribution in [0.1, 0.15) is 78.4 Å². The van der Waals surface area contributed by atoms with E-state index in [2.05, 4.69) is 49.9 Å². The van der Waals surface area contributed by atoms with Crippen molar-refractivity contribution in [3.63, 3.8) is 0 Å². The van der Waals surface area contributed by atoms with E-state index in [4.69, 9.17) is 0 Å². The first-order valence-corrected chi connectivity index (χ1v) is 12.7. The predicted octanol–water partition coefficient (Wildman–Crippen LogP) is 5.17. The van der Waals surface area contributed by atoms with Crippen LogP contribution in [0.2, 0.25) is 0 Å². The third-order valence-corrected chi connectivity index (χ3v) is 5.82. The number of carbonyl (C=O) groups is 1. The van der Waals surface area contributed by atoms with E-state index in [0.29, 0.717) is 13.1 Å². The smallest absolute Gasteiger partial charge is 0.237 e. The van der Waals surface area contributed by atoms with Crippen molar-refractivity contribution in [1.82, 2.24) is 20.5 Å². The summed E-state index contributed by atoms with van der Waals surface area (Å²) < 4.78 is 0. The zero-order valence-electron chi connectivity index (χ0n) is 21.5. The first kappa shape index (κ1) is 28.3. The monoisotopic (exact) mass is 444 g/mol. The number of aromatic nitrogens is 1. The molecule has 0 spiro atoms. The molecule has 1 saturated carbocycles. The highest BCUT2D eigenvalue weighted by Gasteiger charge is 2.35. The highest BCUT2D eigenvalue weighted by atomic mass is 16.2. The topological polar surface area (TPSA) is 57.3 Å². The largest absolute Gasteiger partial charge is 0.333 e. The lowest BCUT2D eigenvalue weighted by Crippen LogP contribution is -2.35. The molecule has 1 aromatic heterocycles. The fourth-order valence-electron chi connectivity index (χ4n) is 4.17. The van der Waals surface area contributed by atoms with Gasteiger partial charge in [-0.2, -0.15) is 0 Å². The van der Waals surface area contributed by atoms with Gasteiger partial charge < -0.3 is 15.5 Å². The van der Waals surface area contributed by atoms with Crippen LogP contribution in [-0.4, -0.2) is 42.0 Å². The molecule has 5 heteroatoms. The maximum Gasteiger partial charge on any atom is 0.237 e. The second-order valence-electron chi connectivity index (χ2n) is 9.31.